The number of morpholine rings is 2. The van der Waals surface area contributed by atoms with Crippen molar-refractivity contribution in [3.63, 3.8) is 0 Å². The predicted octanol–water partition coefficient (Wildman–Crippen LogP) is 2.55. The molecule has 1 aromatic carbocycles. The lowest BCUT2D eigenvalue weighted by molar-refractivity contribution is 0.0241. The van der Waals surface area contributed by atoms with Crippen molar-refractivity contribution in [3.05, 3.63) is 54.5 Å². The minimum absolute atomic E-state index is 0.318. The van der Waals surface area contributed by atoms with Crippen LogP contribution in [0.2, 0.25) is 0 Å². The molecular weight excluding hydrogens is 351 g/mol. The Balaban J connectivity index is 1.82. The Bertz CT molecular complexity index is 725. The van der Waals surface area contributed by atoms with E-state index in [9.17, 15) is 4.57 Å². The third-order valence-corrected chi connectivity index (χ3v) is 8.58. The van der Waals surface area contributed by atoms with E-state index in [0.717, 1.165) is 24.2 Å². The molecule has 0 spiro atoms. The predicted molar refractivity (Wildman–Crippen MR) is 99.9 cm³/mol. The molecule has 2 aliphatic heterocycles. The summed E-state index contributed by atoms with van der Waals surface area (Å²) >= 11 is 0. The van der Waals surface area contributed by atoms with Gasteiger partial charge in [-0.15, -0.1) is 0 Å². The lowest BCUT2D eigenvalue weighted by atomic mass is 10.3. The van der Waals surface area contributed by atoms with Crippen molar-refractivity contribution in [1.82, 2.24) is 9.57 Å². The number of hydrogen-bond acceptors (Lipinski definition) is 5. The third-order valence-electron chi connectivity index (χ3n) is 5.05. The second-order valence-electron chi connectivity index (χ2n) is 6.56. The lowest BCUT2D eigenvalue weighted by Gasteiger charge is -2.43. The number of benzene rings is 1. The van der Waals surface area contributed by atoms with Crippen LogP contribution in [0.25, 0.3) is 0 Å². The van der Waals surface area contributed by atoms with E-state index < -0.39 is 7.29 Å². The third kappa shape index (κ3) is 3.40. The minimum atomic E-state index is -2.98. The molecule has 2 atom stereocenters. The zero-order chi connectivity index (χ0) is 17.8. The fraction of sp³-hybridized carbons (Fsp3) is 0.474. The lowest BCUT2D eigenvalue weighted by Crippen LogP contribution is -2.45. The topological polar surface area (TPSA) is 55.2 Å². The first-order valence-corrected chi connectivity index (χ1v) is 10.9. The number of ether oxygens (including phenoxy) is 2. The van der Waals surface area contributed by atoms with Gasteiger partial charge in [0.2, 0.25) is 7.29 Å². The first kappa shape index (κ1) is 18.0. The fourth-order valence-electron chi connectivity index (χ4n) is 3.79. The zero-order valence-corrected chi connectivity index (χ0v) is 15.7. The maximum absolute atomic E-state index is 14.8. The summed E-state index contributed by atoms with van der Waals surface area (Å²) in [5, 5.41) is 0.870. The molecule has 2 saturated heterocycles. The molecule has 4 rings (SSSR count). The van der Waals surface area contributed by atoms with Crippen LogP contribution in [-0.4, -0.2) is 62.2 Å². The summed E-state index contributed by atoms with van der Waals surface area (Å²) in [5.74, 6) is 0.437. The monoisotopic (exact) mass is 376 g/mol. The van der Waals surface area contributed by atoms with Gasteiger partial charge in [-0.3, -0.25) is 9.46 Å². The molecule has 2 aromatic rings. The van der Waals surface area contributed by atoms with Crippen molar-refractivity contribution in [3.8, 4) is 0 Å². The summed E-state index contributed by atoms with van der Waals surface area (Å²) in [4.78, 5) is 2.26. The fourth-order valence-corrected chi connectivity index (χ4v) is 7.23. The molecule has 7 heteroatoms. The van der Waals surface area contributed by atoms with Crippen molar-refractivity contribution in [1.29, 1.82) is 0 Å². The first-order chi connectivity index (χ1) is 12.8. The summed E-state index contributed by atoms with van der Waals surface area (Å²) in [7, 11) is -2.98. The van der Waals surface area contributed by atoms with Gasteiger partial charge in [0.25, 0.3) is 0 Å². The van der Waals surface area contributed by atoms with Gasteiger partial charge in [0, 0.05) is 31.5 Å². The largest absolute Gasteiger partial charge is 0.467 e. The number of furan rings is 1. The molecule has 0 N–H and O–H groups in total. The normalized spacial score (nSPS) is 23.4. The molecule has 2 unspecified atom stereocenters. The van der Waals surface area contributed by atoms with Crippen LogP contribution in [0.15, 0.2) is 53.1 Å². The van der Waals surface area contributed by atoms with E-state index in [1.807, 2.05) is 42.5 Å². The summed E-state index contributed by atoms with van der Waals surface area (Å²) in [6.45, 7) is 5.31. The van der Waals surface area contributed by atoms with Gasteiger partial charge in [-0.2, -0.15) is 0 Å². The van der Waals surface area contributed by atoms with Crippen LogP contribution < -0.4 is 5.30 Å². The highest BCUT2D eigenvalue weighted by Gasteiger charge is 2.46. The Hall–Kier alpha value is -1.43. The van der Waals surface area contributed by atoms with Gasteiger partial charge in [0.15, 0.2) is 0 Å². The molecule has 26 heavy (non-hydrogen) atoms. The molecular formula is C19H25N2O4P. The van der Waals surface area contributed by atoms with E-state index in [0.29, 0.717) is 39.5 Å². The molecule has 0 saturated carbocycles. The summed E-state index contributed by atoms with van der Waals surface area (Å²) in [5.41, 5.74) is 0. The van der Waals surface area contributed by atoms with E-state index in [4.69, 9.17) is 13.9 Å². The van der Waals surface area contributed by atoms with Crippen molar-refractivity contribution >= 4 is 12.6 Å². The second-order valence-corrected chi connectivity index (χ2v) is 9.38. The molecule has 1 aromatic heterocycles. The van der Waals surface area contributed by atoms with Crippen molar-refractivity contribution in [2.45, 2.75) is 5.78 Å². The Morgan fingerprint density at radius 1 is 0.846 bits per heavy atom. The number of nitrogens with zero attached hydrogens (tertiary/aromatic N) is 2. The highest BCUT2D eigenvalue weighted by atomic mass is 31.2. The van der Waals surface area contributed by atoms with E-state index in [2.05, 4.69) is 9.57 Å². The van der Waals surface area contributed by atoms with Gasteiger partial charge in [-0.05, 0) is 12.1 Å². The van der Waals surface area contributed by atoms with Crippen molar-refractivity contribution in [2.75, 3.05) is 52.6 Å². The van der Waals surface area contributed by atoms with Crippen LogP contribution in [0, 0.1) is 0 Å². The molecule has 0 amide bonds. The van der Waals surface area contributed by atoms with E-state index in [1.165, 1.54) is 0 Å². The van der Waals surface area contributed by atoms with E-state index in [-0.39, 0.29) is 5.78 Å². The van der Waals surface area contributed by atoms with E-state index >= 15 is 0 Å². The van der Waals surface area contributed by atoms with Crippen LogP contribution >= 0.6 is 7.29 Å². The molecule has 2 aliphatic rings. The smallest absolute Gasteiger partial charge is 0.202 e. The second kappa shape index (κ2) is 8.07. The molecule has 0 radical (unpaired) electrons. The van der Waals surface area contributed by atoms with Gasteiger partial charge in [-0.25, -0.2) is 4.67 Å². The molecule has 6 nitrogen and oxygen atoms in total. The average Bonchev–Trinajstić information content (AvgIpc) is 3.24. The van der Waals surface area contributed by atoms with Crippen LogP contribution in [0.5, 0.6) is 0 Å². The van der Waals surface area contributed by atoms with Gasteiger partial charge in [0.05, 0.1) is 32.7 Å². The van der Waals surface area contributed by atoms with Gasteiger partial charge >= 0.3 is 0 Å². The molecule has 2 fully saturated rings. The molecule has 0 aliphatic carbocycles. The standard InChI is InChI=1S/C19H25N2O4P/c22-26(17-5-2-1-3-6-17,21-10-15-24-16-11-21)19(18-7-4-12-25-18)20-8-13-23-14-9-20/h1-7,12,19H,8-11,13-16H2. The summed E-state index contributed by atoms with van der Waals surface area (Å²) < 4.78 is 33.8. The molecule has 0 bridgehead atoms. The Kier molecular flexibility index (Phi) is 5.57. The zero-order valence-electron chi connectivity index (χ0n) is 14.8. The van der Waals surface area contributed by atoms with Crippen LogP contribution in [0.4, 0.5) is 0 Å². The number of rotatable bonds is 5. The SMILES string of the molecule is O=P(c1ccccc1)(C(c1ccco1)N1CCOCC1)N1CCOCC1. The van der Waals surface area contributed by atoms with Crippen molar-refractivity contribution in [2.24, 2.45) is 0 Å². The average molecular weight is 376 g/mol. The van der Waals surface area contributed by atoms with Crippen LogP contribution in [-0.2, 0) is 14.0 Å². The van der Waals surface area contributed by atoms with Crippen molar-refractivity contribution < 1.29 is 18.5 Å². The summed E-state index contributed by atoms with van der Waals surface area (Å²) in [6, 6.07) is 13.7. The summed E-state index contributed by atoms with van der Waals surface area (Å²) in [6.07, 6.45) is 1.66. The van der Waals surface area contributed by atoms with Crippen LogP contribution in [0.1, 0.15) is 11.5 Å². The minimum Gasteiger partial charge on any atom is -0.467 e. The first-order valence-electron chi connectivity index (χ1n) is 9.14. The van der Waals surface area contributed by atoms with Crippen LogP contribution in [0.3, 0.4) is 0 Å². The maximum atomic E-state index is 14.8. The van der Waals surface area contributed by atoms with Gasteiger partial charge in [-0.1, -0.05) is 30.3 Å². The van der Waals surface area contributed by atoms with E-state index in [1.54, 1.807) is 6.26 Å². The quantitative estimate of drug-likeness (QED) is 0.748. The number of hydrogen-bond donors (Lipinski definition) is 0. The maximum Gasteiger partial charge on any atom is 0.202 e. The highest BCUT2D eigenvalue weighted by Crippen LogP contribution is 2.62. The highest BCUT2D eigenvalue weighted by molar-refractivity contribution is 7.69. The Morgan fingerprint density at radius 3 is 2.12 bits per heavy atom. The van der Waals surface area contributed by atoms with Gasteiger partial charge in [0.1, 0.15) is 11.5 Å². The molecule has 140 valence electrons. The Morgan fingerprint density at radius 2 is 1.50 bits per heavy atom. The van der Waals surface area contributed by atoms with Gasteiger partial charge < -0.3 is 13.9 Å². The Labute approximate surface area is 154 Å². The molecule has 3 heterocycles.